The summed E-state index contributed by atoms with van der Waals surface area (Å²) in [4.78, 5) is 6.06. The number of hydrogen-bond donors (Lipinski definition) is 1. The van der Waals surface area contributed by atoms with E-state index >= 15 is 0 Å². The van der Waals surface area contributed by atoms with Gasteiger partial charge >= 0.3 is 0 Å². The lowest BCUT2D eigenvalue weighted by molar-refractivity contribution is 0.258. The van der Waals surface area contributed by atoms with Crippen molar-refractivity contribution >= 4 is 44.4 Å². The maximum atomic E-state index is 6.60. The summed E-state index contributed by atoms with van der Waals surface area (Å²) in [6.07, 6.45) is 6.67. The van der Waals surface area contributed by atoms with Gasteiger partial charge in [0.2, 0.25) is 0 Å². The molecule has 2 heterocycles. The van der Waals surface area contributed by atoms with E-state index in [1.807, 2.05) is 0 Å². The molecule has 3 nitrogen and oxygen atoms in total. The minimum absolute atomic E-state index is 0.0348. The monoisotopic (exact) mass is 810 g/mol. The van der Waals surface area contributed by atoms with E-state index in [0.717, 1.165) is 22.8 Å². The van der Waals surface area contributed by atoms with Crippen LogP contribution in [0.4, 0.5) is 17.1 Å². The molecule has 2 atom stereocenters. The lowest BCUT2D eigenvalue weighted by Crippen LogP contribution is -2.23. The Hall–Kier alpha value is -7.36. The molecule has 3 aliphatic carbocycles. The Bertz CT molecular complexity index is 3450. The standard InChI is InChI=1S/C60H46N2O/c1-59(2)51-17-8-5-12-43(51)45-29-26-40(34-53(45)59)62(39-24-20-36(21-25-39)42-15-11-16-49-48-14-7-10-19-57(48)63-58(42)49)41-27-30-46-44-28-22-38(33-52(44)60(3,4)54(46)35-41)37-23-31-56-50(32-37)47-13-6-9-18-55(47)61-56/h5-35,42,58,61H,1-4H3. The van der Waals surface area contributed by atoms with Crippen LogP contribution in [0.5, 0.6) is 5.75 Å². The van der Waals surface area contributed by atoms with E-state index in [4.69, 9.17) is 4.74 Å². The first-order valence-electron chi connectivity index (χ1n) is 22.3. The van der Waals surface area contributed by atoms with Gasteiger partial charge in [-0.1, -0.05) is 149 Å². The molecule has 1 N–H and O–H groups in total. The number of rotatable bonds is 5. The summed E-state index contributed by atoms with van der Waals surface area (Å²) in [7, 11) is 0. The Labute approximate surface area is 368 Å². The molecule has 0 fully saturated rings. The Balaban J connectivity index is 0.901. The maximum Gasteiger partial charge on any atom is 0.135 e. The third kappa shape index (κ3) is 5.26. The van der Waals surface area contributed by atoms with Gasteiger partial charge in [-0.15, -0.1) is 0 Å². The zero-order chi connectivity index (χ0) is 42.2. The van der Waals surface area contributed by atoms with Crippen LogP contribution in [0.2, 0.25) is 0 Å². The maximum absolute atomic E-state index is 6.60. The largest absolute Gasteiger partial charge is 0.484 e. The molecule has 302 valence electrons. The minimum atomic E-state index is -0.212. The van der Waals surface area contributed by atoms with E-state index in [0.29, 0.717) is 0 Å². The lowest BCUT2D eigenvalue weighted by Gasteiger charge is -2.30. The smallest absolute Gasteiger partial charge is 0.135 e. The number of anilines is 3. The molecule has 0 saturated carbocycles. The first-order valence-corrected chi connectivity index (χ1v) is 22.3. The molecule has 0 saturated heterocycles. The summed E-state index contributed by atoms with van der Waals surface area (Å²) >= 11 is 0. The van der Waals surface area contributed by atoms with Gasteiger partial charge in [-0.05, 0) is 128 Å². The third-order valence-electron chi connectivity index (χ3n) is 14.8. The minimum Gasteiger partial charge on any atom is -0.484 e. The molecule has 0 radical (unpaired) electrons. The molecule has 1 aromatic heterocycles. The highest BCUT2D eigenvalue weighted by molar-refractivity contribution is 6.08. The van der Waals surface area contributed by atoms with E-state index in [2.05, 4.69) is 226 Å². The second kappa shape index (κ2) is 13.1. The zero-order valence-corrected chi connectivity index (χ0v) is 35.9. The van der Waals surface area contributed by atoms with Crippen molar-refractivity contribution in [3.05, 3.63) is 221 Å². The van der Waals surface area contributed by atoms with Crippen molar-refractivity contribution in [2.24, 2.45) is 0 Å². The van der Waals surface area contributed by atoms with Crippen LogP contribution in [0.15, 0.2) is 188 Å². The van der Waals surface area contributed by atoms with Gasteiger partial charge < -0.3 is 14.6 Å². The predicted octanol–water partition coefficient (Wildman–Crippen LogP) is 15.6. The van der Waals surface area contributed by atoms with Crippen LogP contribution in [0, 0.1) is 0 Å². The van der Waals surface area contributed by atoms with Crippen molar-refractivity contribution in [2.75, 3.05) is 4.90 Å². The Morgan fingerprint density at radius 2 is 1.05 bits per heavy atom. The van der Waals surface area contributed by atoms with Gasteiger partial charge in [0.05, 0.1) is 0 Å². The van der Waals surface area contributed by atoms with E-state index in [1.54, 1.807) is 0 Å². The summed E-state index contributed by atoms with van der Waals surface area (Å²) in [6, 6.07) is 63.3. The molecule has 9 aromatic rings. The SMILES string of the molecule is CC1(C)c2ccccc2-c2ccc(N(c3ccc(C4C=CC=C5c6ccccc6OC54)cc3)c3ccc4c(c3)C(C)(C)c3cc(-c5ccc6[nH]c7ccccc7c6c5)ccc3-4)cc21. The number of nitrogens with zero attached hydrogens (tertiary/aromatic N) is 1. The van der Waals surface area contributed by atoms with E-state index < -0.39 is 0 Å². The fraction of sp³-hybridized carbons (Fsp3) is 0.133. The second-order valence-electron chi connectivity index (χ2n) is 18.9. The molecule has 3 heteroatoms. The van der Waals surface area contributed by atoms with Crippen LogP contribution >= 0.6 is 0 Å². The molecule has 0 amide bonds. The van der Waals surface area contributed by atoms with Crippen molar-refractivity contribution in [3.8, 4) is 39.1 Å². The van der Waals surface area contributed by atoms with Gasteiger partial charge in [0.1, 0.15) is 11.9 Å². The van der Waals surface area contributed by atoms with Crippen molar-refractivity contribution < 1.29 is 4.74 Å². The van der Waals surface area contributed by atoms with Crippen molar-refractivity contribution in [1.29, 1.82) is 0 Å². The van der Waals surface area contributed by atoms with E-state index in [-0.39, 0.29) is 22.9 Å². The van der Waals surface area contributed by atoms with E-state index in [1.165, 1.54) is 94.1 Å². The number of para-hydroxylation sites is 2. The molecule has 0 spiro atoms. The fourth-order valence-electron chi connectivity index (χ4n) is 11.5. The third-order valence-corrected chi connectivity index (χ3v) is 14.8. The van der Waals surface area contributed by atoms with Gasteiger partial charge in [0, 0.05) is 66.8 Å². The number of benzene rings is 8. The second-order valence-corrected chi connectivity index (χ2v) is 18.9. The summed E-state index contributed by atoms with van der Waals surface area (Å²) < 4.78 is 6.60. The summed E-state index contributed by atoms with van der Waals surface area (Å²) in [5.41, 5.74) is 22.4. The first kappa shape index (κ1) is 36.3. The molecular weight excluding hydrogens is 765 g/mol. The Morgan fingerprint density at radius 3 is 1.83 bits per heavy atom. The molecule has 4 aliphatic rings. The lowest BCUT2D eigenvalue weighted by atomic mass is 9.81. The van der Waals surface area contributed by atoms with Crippen LogP contribution in [0.3, 0.4) is 0 Å². The van der Waals surface area contributed by atoms with Crippen LogP contribution in [0.1, 0.15) is 67.0 Å². The Morgan fingerprint density at radius 1 is 0.476 bits per heavy atom. The Kier molecular flexibility index (Phi) is 7.54. The van der Waals surface area contributed by atoms with Crippen LogP contribution < -0.4 is 9.64 Å². The normalized spacial score (nSPS) is 17.9. The van der Waals surface area contributed by atoms with Crippen LogP contribution in [-0.2, 0) is 10.8 Å². The highest BCUT2D eigenvalue weighted by Gasteiger charge is 2.39. The summed E-state index contributed by atoms with van der Waals surface area (Å²) in [6.45, 7) is 9.52. The van der Waals surface area contributed by atoms with Gasteiger partial charge in [-0.2, -0.15) is 0 Å². The molecule has 1 aliphatic heterocycles. The van der Waals surface area contributed by atoms with Crippen molar-refractivity contribution in [3.63, 3.8) is 0 Å². The van der Waals surface area contributed by atoms with Crippen LogP contribution in [0.25, 0.3) is 60.8 Å². The summed E-state index contributed by atoms with van der Waals surface area (Å²) in [5.74, 6) is 1.09. The number of aromatic nitrogens is 1. The van der Waals surface area contributed by atoms with Gasteiger partial charge in [-0.25, -0.2) is 0 Å². The number of hydrogen-bond acceptors (Lipinski definition) is 2. The van der Waals surface area contributed by atoms with Crippen LogP contribution in [-0.4, -0.2) is 11.1 Å². The molecule has 8 aromatic carbocycles. The molecule has 0 bridgehead atoms. The highest BCUT2D eigenvalue weighted by Crippen LogP contribution is 2.54. The van der Waals surface area contributed by atoms with Gasteiger partial charge in [0.15, 0.2) is 0 Å². The number of ether oxygens (including phenoxy) is 1. The van der Waals surface area contributed by atoms with E-state index in [9.17, 15) is 0 Å². The number of H-pyrrole nitrogens is 1. The first-order chi connectivity index (χ1) is 30.7. The zero-order valence-electron chi connectivity index (χ0n) is 35.9. The number of aromatic amines is 1. The average molecular weight is 811 g/mol. The highest BCUT2D eigenvalue weighted by atomic mass is 16.5. The molecule has 63 heavy (non-hydrogen) atoms. The molecular formula is C60H46N2O. The number of nitrogens with one attached hydrogen (secondary N) is 1. The van der Waals surface area contributed by atoms with Gasteiger partial charge in [-0.3, -0.25) is 0 Å². The van der Waals surface area contributed by atoms with Crippen molar-refractivity contribution in [2.45, 2.75) is 50.5 Å². The average Bonchev–Trinajstić information content (AvgIpc) is 4.02. The summed E-state index contributed by atoms with van der Waals surface area (Å²) in [5, 5.41) is 2.52. The predicted molar refractivity (Wildman–Crippen MR) is 262 cm³/mol. The fourth-order valence-corrected chi connectivity index (χ4v) is 11.5. The number of fused-ring (bicyclic) bond motifs is 12. The van der Waals surface area contributed by atoms with Crippen molar-refractivity contribution in [1.82, 2.24) is 4.98 Å². The van der Waals surface area contributed by atoms with Gasteiger partial charge in [0.25, 0.3) is 0 Å². The molecule has 13 rings (SSSR count). The quantitative estimate of drug-likeness (QED) is 0.188. The topological polar surface area (TPSA) is 28.3 Å². The number of allylic oxidation sites excluding steroid dienone is 2. The molecule has 2 unspecified atom stereocenters.